The molecule has 0 unspecified atom stereocenters. The van der Waals surface area contributed by atoms with Gasteiger partial charge in [-0.15, -0.1) is 0 Å². The molecule has 146 valence electrons. The summed E-state index contributed by atoms with van der Waals surface area (Å²) in [6.45, 7) is 5.93. The minimum Gasteiger partial charge on any atom is -0.369 e. The fourth-order valence-corrected chi connectivity index (χ4v) is 4.85. The molecule has 1 aromatic heterocycles. The summed E-state index contributed by atoms with van der Waals surface area (Å²) in [5.74, 6) is 1.06. The number of halogens is 1. The Morgan fingerprint density at radius 1 is 1.11 bits per heavy atom. The molecule has 2 aromatic rings. The van der Waals surface area contributed by atoms with Gasteiger partial charge in [-0.3, -0.25) is 9.69 Å². The molecule has 0 saturated carbocycles. The SMILES string of the molecule is O=C1Nc2cc(CN3CCN(c4ccc(I)cc4)CC3)cnc2N2CCC[C@@H]12. The highest BCUT2D eigenvalue weighted by atomic mass is 127. The number of benzene rings is 1. The first-order valence-corrected chi connectivity index (χ1v) is 11.0. The average Bonchev–Trinajstić information content (AvgIpc) is 3.20. The molecule has 7 heteroatoms. The van der Waals surface area contributed by atoms with Gasteiger partial charge in [-0.05, 0) is 71.3 Å². The number of pyridine rings is 1. The number of piperazine rings is 1. The molecule has 4 heterocycles. The monoisotopic (exact) mass is 489 g/mol. The van der Waals surface area contributed by atoms with Crippen molar-refractivity contribution in [3.8, 4) is 0 Å². The Hall–Kier alpha value is -1.87. The van der Waals surface area contributed by atoms with E-state index >= 15 is 0 Å². The minimum atomic E-state index is -0.0276. The predicted molar refractivity (Wildman–Crippen MR) is 120 cm³/mol. The van der Waals surface area contributed by atoms with Crippen LogP contribution >= 0.6 is 22.6 Å². The van der Waals surface area contributed by atoms with E-state index in [1.165, 1.54) is 14.8 Å². The summed E-state index contributed by atoms with van der Waals surface area (Å²) in [7, 11) is 0. The molecule has 0 bridgehead atoms. The van der Waals surface area contributed by atoms with Gasteiger partial charge >= 0.3 is 0 Å². The van der Waals surface area contributed by atoms with Gasteiger partial charge in [0, 0.05) is 54.7 Å². The molecule has 2 fully saturated rings. The zero-order chi connectivity index (χ0) is 19.1. The second kappa shape index (κ2) is 7.51. The summed E-state index contributed by atoms with van der Waals surface area (Å²) >= 11 is 2.35. The van der Waals surface area contributed by atoms with Gasteiger partial charge in [0.2, 0.25) is 5.91 Å². The third-order valence-corrected chi connectivity index (χ3v) is 6.70. The second-order valence-corrected chi connectivity index (χ2v) is 9.04. The topological polar surface area (TPSA) is 51.7 Å². The van der Waals surface area contributed by atoms with E-state index in [0.29, 0.717) is 0 Å². The number of amides is 1. The van der Waals surface area contributed by atoms with Crippen LogP contribution in [0.3, 0.4) is 0 Å². The van der Waals surface area contributed by atoms with E-state index < -0.39 is 0 Å². The summed E-state index contributed by atoms with van der Waals surface area (Å²) in [6, 6.07) is 10.8. The highest BCUT2D eigenvalue weighted by Gasteiger charge is 2.37. The normalized spacial score (nSPS) is 22.0. The third-order valence-electron chi connectivity index (χ3n) is 5.98. The number of hydrogen-bond donors (Lipinski definition) is 1. The summed E-state index contributed by atoms with van der Waals surface area (Å²) in [5.41, 5.74) is 3.34. The van der Waals surface area contributed by atoms with Crippen molar-refractivity contribution in [3.05, 3.63) is 45.7 Å². The van der Waals surface area contributed by atoms with Crippen molar-refractivity contribution in [1.82, 2.24) is 9.88 Å². The lowest BCUT2D eigenvalue weighted by molar-refractivity contribution is -0.117. The third kappa shape index (κ3) is 3.45. The molecular weight excluding hydrogens is 465 g/mol. The maximum atomic E-state index is 12.3. The number of nitrogens with one attached hydrogen (secondary N) is 1. The molecule has 1 N–H and O–H groups in total. The smallest absolute Gasteiger partial charge is 0.247 e. The number of hydrogen-bond acceptors (Lipinski definition) is 5. The summed E-state index contributed by atoms with van der Waals surface area (Å²) in [6.07, 6.45) is 3.97. The van der Waals surface area contributed by atoms with Crippen LogP contribution in [0.5, 0.6) is 0 Å². The van der Waals surface area contributed by atoms with Crippen molar-refractivity contribution in [1.29, 1.82) is 0 Å². The Bertz CT molecular complexity index is 879. The van der Waals surface area contributed by atoms with Gasteiger partial charge in [-0.25, -0.2) is 4.98 Å². The van der Waals surface area contributed by atoms with E-state index in [9.17, 15) is 4.79 Å². The van der Waals surface area contributed by atoms with Crippen LogP contribution in [0.25, 0.3) is 0 Å². The molecule has 6 nitrogen and oxygen atoms in total. The molecule has 0 aliphatic carbocycles. The fourth-order valence-electron chi connectivity index (χ4n) is 4.49. The van der Waals surface area contributed by atoms with E-state index in [0.717, 1.165) is 63.6 Å². The highest BCUT2D eigenvalue weighted by Crippen LogP contribution is 2.35. The van der Waals surface area contributed by atoms with Crippen LogP contribution < -0.4 is 15.1 Å². The molecule has 5 rings (SSSR count). The maximum absolute atomic E-state index is 12.3. The largest absolute Gasteiger partial charge is 0.369 e. The quantitative estimate of drug-likeness (QED) is 0.673. The highest BCUT2D eigenvalue weighted by molar-refractivity contribution is 14.1. The Balaban J connectivity index is 1.23. The summed E-state index contributed by atoms with van der Waals surface area (Å²) < 4.78 is 1.27. The first kappa shape index (κ1) is 18.2. The lowest BCUT2D eigenvalue weighted by Gasteiger charge is -2.36. The van der Waals surface area contributed by atoms with Gasteiger partial charge < -0.3 is 15.1 Å². The number of nitrogens with zero attached hydrogens (tertiary/aromatic N) is 4. The Morgan fingerprint density at radius 2 is 1.89 bits per heavy atom. The fraction of sp³-hybridized carbons (Fsp3) is 0.429. The Morgan fingerprint density at radius 3 is 2.68 bits per heavy atom. The van der Waals surface area contributed by atoms with Crippen molar-refractivity contribution in [2.75, 3.05) is 47.8 Å². The second-order valence-electron chi connectivity index (χ2n) is 7.80. The number of aromatic nitrogens is 1. The Labute approximate surface area is 179 Å². The lowest BCUT2D eigenvalue weighted by atomic mass is 10.1. The van der Waals surface area contributed by atoms with Gasteiger partial charge in [0.1, 0.15) is 6.04 Å². The number of carbonyl (C=O) groups excluding carboxylic acids is 1. The Kier molecular flexibility index (Phi) is 4.88. The van der Waals surface area contributed by atoms with Crippen molar-refractivity contribution in [3.63, 3.8) is 0 Å². The first-order valence-electron chi connectivity index (χ1n) is 9.97. The van der Waals surface area contributed by atoms with Crippen LogP contribution in [-0.2, 0) is 11.3 Å². The van der Waals surface area contributed by atoms with Gasteiger partial charge in [-0.2, -0.15) is 0 Å². The zero-order valence-electron chi connectivity index (χ0n) is 15.8. The molecular formula is C21H24IN5O. The van der Waals surface area contributed by atoms with Crippen LogP contribution in [0.15, 0.2) is 36.5 Å². The molecule has 3 aliphatic rings. The lowest BCUT2D eigenvalue weighted by Crippen LogP contribution is -2.46. The molecule has 1 amide bonds. The minimum absolute atomic E-state index is 0.0276. The van der Waals surface area contributed by atoms with Gasteiger partial charge in [0.15, 0.2) is 5.82 Å². The predicted octanol–water partition coefficient (Wildman–Crippen LogP) is 2.93. The number of fused-ring (bicyclic) bond motifs is 3. The number of carbonyl (C=O) groups is 1. The van der Waals surface area contributed by atoms with Crippen LogP contribution in [0.4, 0.5) is 17.2 Å². The zero-order valence-corrected chi connectivity index (χ0v) is 17.9. The molecule has 1 atom stereocenters. The maximum Gasteiger partial charge on any atom is 0.247 e. The van der Waals surface area contributed by atoms with Gasteiger partial charge in [0.25, 0.3) is 0 Å². The van der Waals surface area contributed by atoms with Crippen LogP contribution in [0.1, 0.15) is 18.4 Å². The molecule has 3 aliphatic heterocycles. The van der Waals surface area contributed by atoms with E-state index in [4.69, 9.17) is 4.98 Å². The van der Waals surface area contributed by atoms with Gasteiger partial charge in [0.05, 0.1) is 5.69 Å². The van der Waals surface area contributed by atoms with Crippen LogP contribution in [0, 0.1) is 3.57 Å². The van der Waals surface area contributed by atoms with Crippen LogP contribution in [0.2, 0.25) is 0 Å². The molecule has 0 radical (unpaired) electrons. The van der Waals surface area contributed by atoms with E-state index in [2.05, 4.69) is 72.9 Å². The molecule has 2 saturated heterocycles. The van der Waals surface area contributed by atoms with Crippen LogP contribution in [-0.4, -0.2) is 54.6 Å². The summed E-state index contributed by atoms with van der Waals surface area (Å²) in [5, 5.41) is 3.07. The van der Waals surface area contributed by atoms with Crippen molar-refractivity contribution >= 4 is 45.7 Å². The molecule has 1 aromatic carbocycles. The standard InChI is InChI=1S/C21H24IN5O/c22-16-3-5-17(6-4-16)26-10-8-25(9-11-26)14-15-12-18-20(23-13-15)27-7-1-2-19(27)21(28)24-18/h3-6,12-13,19H,1-2,7-11,14H2,(H,24,28)/t19-/m0/s1. The molecule has 28 heavy (non-hydrogen) atoms. The first-order chi connectivity index (χ1) is 13.7. The van der Waals surface area contributed by atoms with E-state index in [-0.39, 0.29) is 11.9 Å². The number of rotatable bonds is 3. The average molecular weight is 489 g/mol. The van der Waals surface area contributed by atoms with Gasteiger partial charge in [-0.1, -0.05) is 0 Å². The van der Waals surface area contributed by atoms with Crippen molar-refractivity contribution in [2.24, 2.45) is 0 Å². The number of anilines is 3. The molecule has 0 spiro atoms. The summed E-state index contributed by atoms with van der Waals surface area (Å²) in [4.78, 5) is 24.1. The van der Waals surface area contributed by atoms with Crippen molar-refractivity contribution in [2.45, 2.75) is 25.4 Å². The van der Waals surface area contributed by atoms with Crippen molar-refractivity contribution < 1.29 is 4.79 Å². The van der Waals surface area contributed by atoms with E-state index in [1.807, 2.05) is 6.20 Å². The van der Waals surface area contributed by atoms with E-state index in [1.54, 1.807) is 0 Å².